The van der Waals surface area contributed by atoms with Crippen LogP contribution in [-0.4, -0.2) is 92.1 Å². The molecule has 0 saturated heterocycles. The third-order valence-electron chi connectivity index (χ3n) is 12.1. The summed E-state index contributed by atoms with van der Waals surface area (Å²) in [5, 5.41) is 32.8. The lowest BCUT2D eigenvalue weighted by Gasteiger charge is -2.14. The predicted molar refractivity (Wildman–Crippen MR) is 244 cm³/mol. The summed E-state index contributed by atoms with van der Waals surface area (Å²) in [6.07, 6.45) is 1.59. The van der Waals surface area contributed by atoms with Crippen LogP contribution >= 0.6 is 0 Å². The molecule has 0 aromatic carbocycles. The highest BCUT2D eigenvalue weighted by molar-refractivity contribution is 7.86. The number of carboxylic acid groups (broad SMARTS) is 1. The number of rotatable bonds is 17. The van der Waals surface area contributed by atoms with E-state index < -0.39 is 38.0 Å². The molecule has 67 heavy (non-hydrogen) atoms. The third kappa shape index (κ3) is 9.78. The minimum atomic E-state index is -4.84. The Balaban J connectivity index is 1.35. The van der Waals surface area contributed by atoms with Crippen molar-refractivity contribution >= 4 is 78.1 Å². The van der Waals surface area contributed by atoms with E-state index in [1.54, 1.807) is 39.8 Å². The maximum atomic E-state index is 13.1. The number of allylic oxidation sites excluding steroid dienone is 4. The van der Waals surface area contributed by atoms with Gasteiger partial charge in [0.1, 0.15) is 37.0 Å². The maximum absolute atomic E-state index is 13.1. The number of nitrogens with one attached hydrogen (secondary N) is 2. The number of hydrogen-bond acceptors (Lipinski definition) is 14. The van der Waals surface area contributed by atoms with Crippen molar-refractivity contribution in [1.29, 1.82) is 0 Å². The molecule has 352 valence electrons. The lowest BCUT2D eigenvalue weighted by molar-refractivity contribution is -0.392. The molecule has 1 atom stereocenters. The molecule has 5 aromatic heterocycles. The van der Waals surface area contributed by atoms with Crippen LogP contribution in [-0.2, 0) is 42.3 Å². The van der Waals surface area contributed by atoms with Gasteiger partial charge >= 0.3 is 23.6 Å². The number of carbonyl (C=O) groups excluding carboxylic acids is 1. The quantitative estimate of drug-likeness (QED) is 0.0303. The van der Waals surface area contributed by atoms with Crippen LogP contribution in [0.15, 0.2) is 41.6 Å². The third-order valence-corrected chi connectivity index (χ3v) is 13.1. The van der Waals surface area contributed by atoms with Gasteiger partial charge in [0.05, 0.1) is 41.0 Å². The highest BCUT2D eigenvalue weighted by atomic mass is 32.2. The van der Waals surface area contributed by atoms with E-state index in [1.165, 1.54) is 21.4 Å². The summed E-state index contributed by atoms with van der Waals surface area (Å²) in [7, 11) is -4.84. The molecule has 0 fully saturated rings. The molecule has 7 heterocycles. The Hall–Kier alpha value is -7.37. The number of imidazole rings is 2. The Bertz CT molecular complexity index is 3230. The Labute approximate surface area is 382 Å². The standard InChI is InChI=1S/C44H48N10O12S/c1-22-29(8-10-41(55)56)35-19-36-30(9-11-42(57)66-15-13-52-28(7)46-21-40(52)54(60)61)23(2)32(48-36)18-38-44(67(62,63)64)25(4)34(50-38)17-37-43(24(3)33(49-37)16-31(22)47-35)26(5)65-14-12-51-27(6)45-20-39(51)53(58)59/h16-21,26,49-50H,8-15H2,1-7H3,(H,55,56)(H,62,63,64). The van der Waals surface area contributed by atoms with Crippen LogP contribution in [0.4, 0.5) is 11.6 Å². The molecule has 8 bridgehead atoms. The second kappa shape index (κ2) is 18.9. The molecule has 1 unspecified atom stereocenters. The number of esters is 1. The van der Waals surface area contributed by atoms with Gasteiger partial charge in [-0.1, -0.05) is 0 Å². The van der Waals surface area contributed by atoms with Crippen LogP contribution in [0, 0.1) is 47.9 Å². The molecular formula is C44H48N10O12S. The first kappa shape index (κ1) is 47.6. The van der Waals surface area contributed by atoms with Gasteiger partial charge in [-0.3, -0.25) is 14.1 Å². The molecular weight excluding hydrogens is 893 g/mol. The van der Waals surface area contributed by atoms with Crippen molar-refractivity contribution in [3.63, 3.8) is 0 Å². The number of hydrogen-bond donors (Lipinski definition) is 4. The number of aliphatic carboxylic acids is 1. The number of carbonyl (C=O) groups is 2. The largest absolute Gasteiger partial charge is 0.481 e. The van der Waals surface area contributed by atoms with Crippen molar-refractivity contribution in [3.05, 3.63) is 108 Å². The number of aromatic nitrogens is 8. The first-order valence-corrected chi connectivity index (χ1v) is 22.5. The van der Waals surface area contributed by atoms with Crippen molar-refractivity contribution in [2.75, 3.05) is 13.2 Å². The number of aromatic amines is 2. The fourth-order valence-corrected chi connectivity index (χ4v) is 9.41. The number of fused-ring (bicyclic) bond motifs is 8. The zero-order chi connectivity index (χ0) is 48.6. The number of ether oxygens (including phenoxy) is 2. The summed E-state index contributed by atoms with van der Waals surface area (Å²) in [5.41, 5.74) is 7.25. The Morgan fingerprint density at radius 3 is 1.78 bits per heavy atom. The van der Waals surface area contributed by atoms with Gasteiger partial charge in [0.15, 0.2) is 11.6 Å². The minimum Gasteiger partial charge on any atom is -0.481 e. The second-order valence-corrected chi connectivity index (χ2v) is 17.6. The smallest absolute Gasteiger partial charge is 0.342 e. The number of nitrogens with zero attached hydrogens (tertiary/aromatic N) is 8. The lowest BCUT2D eigenvalue weighted by Crippen LogP contribution is -2.13. The van der Waals surface area contributed by atoms with Crippen LogP contribution in [0.25, 0.3) is 44.4 Å². The van der Waals surface area contributed by atoms with Crippen molar-refractivity contribution in [1.82, 2.24) is 39.0 Å². The number of H-pyrrole nitrogens is 2. The first-order valence-electron chi connectivity index (χ1n) is 21.1. The average Bonchev–Trinajstić information content (AvgIpc) is 4.07. The van der Waals surface area contributed by atoms with Gasteiger partial charge in [-0.2, -0.15) is 8.42 Å². The Kier molecular flexibility index (Phi) is 13.4. The molecule has 0 radical (unpaired) electrons. The van der Waals surface area contributed by atoms with Crippen molar-refractivity contribution in [2.24, 2.45) is 0 Å². The summed E-state index contributed by atoms with van der Waals surface area (Å²) in [5.74, 6) is -1.19. The fourth-order valence-electron chi connectivity index (χ4n) is 8.53. The molecule has 22 nitrogen and oxygen atoms in total. The minimum absolute atomic E-state index is 0.00703. The SMILES string of the molecule is CC1=C(CCC(=O)O)c2cc3nc(cc4[nH]c(cc5[nH]c(cc1n2)c(C)c5C(C)OCCn1c([N+](=O)[O-])cnc1C)c(C)c4S(=O)(=O)O)C(C)=C3CCC(=O)OCCn1c([N+](=O)[O-])cnc1C. The van der Waals surface area contributed by atoms with Gasteiger partial charge in [0.2, 0.25) is 0 Å². The number of nitro groups is 2. The predicted octanol–water partition coefficient (Wildman–Crippen LogP) is 7.53. The molecule has 2 aliphatic rings. The normalized spacial score (nSPS) is 13.4. The van der Waals surface area contributed by atoms with E-state index in [-0.39, 0.29) is 79.6 Å². The summed E-state index contributed by atoms with van der Waals surface area (Å²) in [6.45, 7) is 12.1. The highest BCUT2D eigenvalue weighted by Crippen LogP contribution is 2.39. The molecule has 4 N–H and O–H groups in total. The number of aryl methyl sites for hydroxylation is 4. The van der Waals surface area contributed by atoms with Crippen LogP contribution in [0.3, 0.4) is 0 Å². The van der Waals surface area contributed by atoms with E-state index in [0.29, 0.717) is 73.3 Å². The van der Waals surface area contributed by atoms with Gasteiger partial charge in [-0.15, -0.1) is 0 Å². The van der Waals surface area contributed by atoms with E-state index >= 15 is 0 Å². The summed E-state index contributed by atoms with van der Waals surface area (Å²) in [6, 6.07) is 6.70. The molecule has 0 saturated carbocycles. The molecule has 23 heteroatoms. The molecule has 7 rings (SSSR count). The average molecular weight is 941 g/mol. The van der Waals surface area contributed by atoms with Crippen molar-refractivity contribution < 1.29 is 47.0 Å². The summed E-state index contributed by atoms with van der Waals surface area (Å²) in [4.78, 5) is 71.1. The van der Waals surface area contributed by atoms with Gasteiger partial charge < -0.3 is 44.8 Å². The van der Waals surface area contributed by atoms with E-state index in [2.05, 4.69) is 19.9 Å². The fraction of sp³-hybridized carbons (Fsp3) is 0.364. The zero-order valence-corrected chi connectivity index (χ0v) is 38.5. The molecule has 0 aliphatic carbocycles. The molecule has 5 aromatic rings. The Morgan fingerprint density at radius 1 is 0.731 bits per heavy atom. The number of carboxylic acids is 1. The van der Waals surface area contributed by atoms with E-state index in [1.807, 2.05) is 26.8 Å². The van der Waals surface area contributed by atoms with Crippen LogP contribution in [0.2, 0.25) is 0 Å². The Morgan fingerprint density at radius 2 is 1.24 bits per heavy atom. The van der Waals surface area contributed by atoms with Gasteiger partial charge in [0.25, 0.3) is 10.1 Å². The van der Waals surface area contributed by atoms with E-state index in [9.17, 15) is 47.9 Å². The lowest BCUT2D eigenvalue weighted by atomic mass is 9.98. The first-order chi connectivity index (χ1) is 31.6. The summed E-state index contributed by atoms with van der Waals surface area (Å²) >= 11 is 0. The maximum Gasteiger partial charge on any atom is 0.342 e. The molecule has 0 spiro atoms. The van der Waals surface area contributed by atoms with Gasteiger partial charge in [-0.05, 0) is 115 Å². The van der Waals surface area contributed by atoms with E-state index in [4.69, 9.17) is 19.4 Å². The monoisotopic (exact) mass is 940 g/mol. The van der Waals surface area contributed by atoms with Gasteiger partial charge in [0, 0.05) is 48.8 Å². The van der Waals surface area contributed by atoms with Crippen LogP contribution in [0.5, 0.6) is 0 Å². The van der Waals surface area contributed by atoms with E-state index in [0.717, 1.165) is 17.3 Å². The van der Waals surface area contributed by atoms with Crippen molar-refractivity contribution in [2.45, 2.75) is 98.2 Å². The highest BCUT2D eigenvalue weighted by Gasteiger charge is 2.27. The molecule has 2 aliphatic heterocycles. The van der Waals surface area contributed by atoms with Crippen LogP contribution < -0.4 is 0 Å². The summed E-state index contributed by atoms with van der Waals surface area (Å²) < 4.78 is 51.4. The van der Waals surface area contributed by atoms with Crippen LogP contribution in [0.1, 0.15) is 104 Å². The molecule has 0 amide bonds. The topological polar surface area (TPSA) is 306 Å². The van der Waals surface area contributed by atoms with Crippen molar-refractivity contribution in [3.8, 4) is 0 Å². The zero-order valence-electron chi connectivity index (χ0n) is 37.7. The second-order valence-electron chi connectivity index (χ2n) is 16.2. The van der Waals surface area contributed by atoms with Gasteiger partial charge in [-0.25, -0.2) is 29.1 Å².